The summed E-state index contributed by atoms with van der Waals surface area (Å²) in [5.74, 6) is -0.205. The monoisotopic (exact) mass is 335 g/mol. The largest absolute Gasteiger partial charge is 0.306 e. The number of rotatable bonds is 4. The Morgan fingerprint density at radius 2 is 1.85 bits per heavy atom. The van der Waals surface area contributed by atoms with Gasteiger partial charge in [-0.1, -0.05) is 34.1 Å². The Kier molecular flexibility index (Phi) is 4.95. The molecule has 0 aromatic heterocycles. The highest BCUT2D eigenvalue weighted by atomic mass is 79.9. The van der Waals surface area contributed by atoms with Gasteiger partial charge in [-0.05, 0) is 61.2 Å². The number of benzene rings is 2. The number of hydrogen-bond donors (Lipinski definition) is 1. The fraction of sp³-hybridized carbons (Fsp3) is 0.294. The van der Waals surface area contributed by atoms with Gasteiger partial charge in [-0.3, -0.25) is 0 Å². The smallest absolute Gasteiger partial charge is 0.123 e. The van der Waals surface area contributed by atoms with Gasteiger partial charge < -0.3 is 5.32 Å². The fourth-order valence-corrected chi connectivity index (χ4v) is 2.48. The van der Waals surface area contributed by atoms with Crippen LogP contribution in [0.1, 0.15) is 35.2 Å². The summed E-state index contributed by atoms with van der Waals surface area (Å²) in [5, 5.41) is 3.43. The van der Waals surface area contributed by atoms with E-state index < -0.39 is 0 Å². The molecule has 20 heavy (non-hydrogen) atoms. The lowest BCUT2D eigenvalue weighted by molar-refractivity contribution is 0.567. The van der Waals surface area contributed by atoms with Crippen LogP contribution in [0.25, 0.3) is 0 Å². The molecule has 2 rings (SSSR count). The van der Waals surface area contributed by atoms with Crippen molar-refractivity contribution in [1.29, 1.82) is 0 Å². The van der Waals surface area contributed by atoms with E-state index in [0.29, 0.717) is 6.54 Å². The second kappa shape index (κ2) is 6.51. The molecule has 3 heteroatoms. The van der Waals surface area contributed by atoms with Crippen molar-refractivity contribution in [3.05, 3.63) is 68.9 Å². The molecule has 1 N–H and O–H groups in total. The van der Waals surface area contributed by atoms with E-state index in [1.807, 2.05) is 0 Å². The van der Waals surface area contributed by atoms with Crippen LogP contribution in [0.5, 0.6) is 0 Å². The van der Waals surface area contributed by atoms with Gasteiger partial charge in [0.15, 0.2) is 0 Å². The molecule has 2 aromatic rings. The van der Waals surface area contributed by atoms with Gasteiger partial charge in [0.1, 0.15) is 5.82 Å². The van der Waals surface area contributed by atoms with Crippen molar-refractivity contribution in [2.45, 2.75) is 33.4 Å². The van der Waals surface area contributed by atoms with E-state index in [1.54, 1.807) is 12.1 Å². The van der Waals surface area contributed by atoms with Crippen LogP contribution in [0.3, 0.4) is 0 Å². The predicted octanol–water partition coefficient (Wildman–Crippen LogP) is 5.06. The summed E-state index contributed by atoms with van der Waals surface area (Å²) in [6, 6.07) is 11.5. The van der Waals surface area contributed by atoms with Crippen molar-refractivity contribution < 1.29 is 4.39 Å². The first-order valence-electron chi connectivity index (χ1n) is 6.72. The first-order valence-corrected chi connectivity index (χ1v) is 7.51. The highest BCUT2D eigenvalue weighted by Crippen LogP contribution is 2.20. The molecule has 0 radical (unpaired) electrons. The van der Waals surface area contributed by atoms with Crippen LogP contribution >= 0.6 is 15.9 Å². The van der Waals surface area contributed by atoms with E-state index in [-0.39, 0.29) is 11.9 Å². The van der Waals surface area contributed by atoms with Crippen molar-refractivity contribution in [2.75, 3.05) is 0 Å². The lowest BCUT2D eigenvalue weighted by Gasteiger charge is -2.16. The van der Waals surface area contributed by atoms with E-state index in [9.17, 15) is 4.39 Å². The third-order valence-electron chi connectivity index (χ3n) is 3.64. The molecule has 1 nitrogen and oxygen atoms in total. The number of nitrogens with one attached hydrogen (secondary N) is 1. The summed E-state index contributed by atoms with van der Waals surface area (Å²) in [5.41, 5.74) is 4.78. The van der Waals surface area contributed by atoms with Crippen LogP contribution < -0.4 is 5.32 Å². The van der Waals surface area contributed by atoms with Crippen molar-refractivity contribution in [3.63, 3.8) is 0 Å². The third kappa shape index (κ3) is 3.68. The van der Waals surface area contributed by atoms with Gasteiger partial charge in [-0.15, -0.1) is 0 Å². The normalized spacial score (nSPS) is 12.4. The summed E-state index contributed by atoms with van der Waals surface area (Å²) in [4.78, 5) is 0. The quantitative estimate of drug-likeness (QED) is 0.823. The molecular weight excluding hydrogens is 317 g/mol. The van der Waals surface area contributed by atoms with E-state index in [4.69, 9.17) is 0 Å². The molecule has 106 valence electrons. The number of hydrogen-bond acceptors (Lipinski definition) is 1. The standard InChI is InChI=1S/C17H19BrFN/c1-11-4-5-14(8-12(11)2)13(3)20-10-15-9-16(19)6-7-17(15)18/h4-9,13,20H,10H2,1-3H3. The number of aryl methyl sites for hydroxylation is 2. The molecule has 1 atom stereocenters. The molecule has 0 aliphatic carbocycles. The van der Waals surface area contributed by atoms with Crippen LogP contribution in [-0.4, -0.2) is 0 Å². The van der Waals surface area contributed by atoms with Gasteiger partial charge in [-0.25, -0.2) is 4.39 Å². The maximum absolute atomic E-state index is 13.2. The van der Waals surface area contributed by atoms with Gasteiger partial charge in [0, 0.05) is 17.1 Å². The minimum absolute atomic E-state index is 0.205. The van der Waals surface area contributed by atoms with Crippen LogP contribution in [0.2, 0.25) is 0 Å². The highest BCUT2D eigenvalue weighted by Gasteiger charge is 2.08. The van der Waals surface area contributed by atoms with Crippen molar-refractivity contribution in [3.8, 4) is 0 Å². The molecule has 0 saturated carbocycles. The summed E-state index contributed by atoms with van der Waals surface area (Å²) in [7, 11) is 0. The van der Waals surface area contributed by atoms with Gasteiger partial charge in [0.25, 0.3) is 0 Å². The lowest BCUT2D eigenvalue weighted by atomic mass is 10.0. The molecule has 1 unspecified atom stereocenters. The first kappa shape index (κ1) is 15.2. The maximum atomic E-state index is 13.2. The zero-order valence-corrected chi connectivity index (χ0v) is 13.6. The Bertz CT molecular complexity index is 610. The molecule has 0 aliphatic rings. The summed E-state index contributed by atoms with van der Waals surface area (Å²) in [6.45, 7) is 6.99. The van der Waals surface area contributed by atoms with Gasteiger partial charge >= 0.3 is 0 Å². The van der Waals surface area contributed by atoms with E-state index in [1.165, 1.54) is 22.8 Å². The second-order valence-electron chi connectivity index (χ2n) is 5.18. The van der Waals surface area contributed by atoms with Crippen molar-refractivity contribution >= 4 is 15.9 Å². The Balaban J connectivity index is 2.06. The summed E-state index contributed by atoms with van der Waals surface area (Å²) < 4.78 is 14.2. The first-order chi connectivity index (χ1) is 9.47. The molecule has 0 heterocycles. The molecular formula is C17H19BrFN. The molecule has 0 spiro atoms. The average Bonchev–Trinajstić information content (AvgIpc) is 2.42. The van der Waals surface area contributed by atoms with Crippen LogP contribution in [0.4, 0.5) is 4.39 Å². The van der Waals surface area contributed by atoms with Gasteiger partial charge in [-0.2, -0.15) is 0 Å². The summed E-state index contributed by atoms with van der Waals surface area (Å²) >= 11 is 3.45. The van der Waals surface area contributed by atoms with Crippen molar-refractivity contribution in [1.82, 2.24) is 5.32 Å². The summed E-state index contributed by atoms with van der Waals surface area (Å²) in [6.07, 6.45) is 0. The minimum atomic E-state index is -0.205. The van der Waals surface area contributed by atoms with Crippen molar-refractivity contribution in [2.24, 2.45) is 0 Å². The highest BCUT2D eigenvalue weighted by molar-refractivity contribution is 9.10. The molecule has 2 aromatic carbocycles. The second-order valence-corrected chi connectivity index (χ2v) is 6.04. The topological polar surface area (TPSA) is 12.0 Å². The van der Waals surface area contributed by atoms with E-state index in [2.05, 4.69) is 60.2 Å². The zero-order valence-electron chi connectivity index (χ0n) is 12.0. The predicted molar refractivity (Wildman–Crippen MR) is 85.3 cm³/mol. The van der Waals surface area contributed by atoms with Crippen LogP contribution in [-0.2, 0) is 6.54 Å². The van der Waals surface area contributed by atoms with Gasteiger partial charge in [0.05, 0.1) is 0 Å². The fourth-order valence-electron chi connectivity index (χ4n) is 2.09. The molecule has 0 amide bonds. The Morgan fingerprint density at radius 3 is 2.55 bits per heavy atom. The molecule has 0 aliphatic heterocycles. The Hall–Kier alpha value is -1.19. The zero-order chi connectivity index (χ0) is 14.7. The number of halogens is 2. The van der Waals surface area contributed by atoms with E-state index >= 15 is 0 Å². The third-order valence-corrected chi connectivity index (χ3v) is 4.41. The lowest BCUT2D eigenvalue weighted by Crippen LogP contribution is -2.18. The SMILES string of the molecule is Cc1ccc(C(C)NCc2cc(F)ccc2Br)cc1C. The minimum Gasteiger partial charge on any atom is -0.306 e. The van der Waals surface area contributed by atoms with E-state index in [0.717, 1.165) is 10.0 Å². The molecule has 0 bridgehead atoms. The Morgan fingerprint density at radius 1 is 1.10 bits per heavy atom. The molecule has 0 fully saturated rings. The average molecular weight is 336 g/mol. The van der Waals surface area contributed by atoms with Gasteiger partial charge in [0.2, 0.25) is 0 Å². The van der Waals surface area contributed by atoms with Crippen LogP contribution in [0, 0.1) is 19.7 Å². The maximum Gasteiger partial charge on any atom is 0.123 e. The molecule has 0 saturated heterocycles. The van der Waals surface area contributed by atoms with Crippen LogP contribution in [0.15, 0.2) is 40.9 Å². The Labute approximate surface area is 128 Å².